The zero-order valence-corrected chi connectivity index (χ0v) is 13.2. The molecule has 3 nitrogen and oxygen atoms in total. The van der Waals surface area contributed by atoms with Crippen LogP contribution in [0.3, 0.4) is 0 Å². The second kappa shape index (κ2) is 6.35. The third-order valence-electron chi connectivity index (χ3n) is 2.82. The van der Waals surface area contributed by atoms with Crippen molar-refractivity contribution in [1.29, 1.82) is 5.26 Å². The summed E-state index contributed by atoms with van der Waals surface area (Å²) in [6.07, 6.45) is 0.549. The Morgan fingerprint density at radius 1 is 1.67 bits per heavy atom. The summed E-state index contributed by atoms with van der Waals surface area (Å²) in [5.41, 5.74) is -0.125. The highest BCUT2D eigenvalue weighted by atomic mass is 79.9. The number of nitrogens with zero attached hydrogens (tertiary/aromatic N) is 1. The Hall–Kier alpha value is -0.860. The summed E-state index contributed by atoms with van der Waals surface area (Å²) in [4.78, 5) is 13.0. The standard InChI is InChI=1S/C13H17BrN2OS/c1-4-9(6-15)12(17)16-8-13(2,3)11-5-10(14)7-18-11/h5,7,9H,4,8H2,1-3H3,(H,16,17). The van der Waals surface area contributed by atoms with Gasteiger partial charge in [0.2, 0.25) is 5.91 Å². The fourth-order valence-electron chi connectivity index (χ4n) is 1.52. The van der Waals surface area contributed by atoms with Crippen LogP contribution in [0.5, 0.6) is 0 Å². The van der Waals surface area contributed by atoms with E-state index in [1.807, 2.05) is 18.4 Å². The summed E-state index contributed by atoms with van der Waals surface area (Å²) in [6.45, 7) is 6.55. The minimum atomic E-state index is -0.545. The first-order chi connectivity index (χ1) is 8.40. The highest BCUT2D eigenvalue weighted by Gasteiger charge is 2.25. The predicted octanol–water partition coefficient (Wildman–Crippen LogP) is 3.45. The Labute approximate surface area is 120 Å². The second-order valence-electron chi connectivity index (χ2n) is 4.82. The number of nitrogens with one attached hydrogen (secondary N) is 1. The molecular formula is C13H17BrN2OS. The van der Waals surface area contributed by atoms with Crippen molar-refractivity contribution >= 4 is 33.2 Å². The van der Waals surface area contributed by atoms with Gasteiger partial charge in [-0.3, -0.25) is 4.79 Å². The molecule has 0 bridgehead atoms. The molecule has 0 saturated heterocycles. The number of carbonyl (C=O) groups is 1. The quantitative estimate of drug-likeness (QED) is 0.899. The number of thiophene rings is 1. The zero-order chi connectivity index (χ0) is 13.8. The smallest absolute Gasteiger partial charge is 0.237 e. The van der Waals surface area contributed by atoms with Gasteiger partial charge in [0.15, 0.2) is 0 Å². The van der Waals surface area contributed by atoms with E-state index in [0.29, 0.717) is 13.0 Å². The molecule has 98 valence electrons. The highest BCUT2D eigenvalue weighted by molar-refractivity contribution is 9.10. The molecule has 18 heavy (non-hydrogen) atoms. The largest absolute Gasteiger partial charge is 0.354 e. The third kappa shape index (κ3) is 3.82. The summed E-state index contributed by atoms with van der Waals surface area (Å²) in [5.74, 6) is -0.723. The van der Waals surface area contributed by atoms with Crippen LogP contribution < -0.4 is 5.32 Å². The molecule has 0 saturated carbocycles. The maximum absolute atomic E-state index is 11.7. The van der Waals surface area contributed by atoms with Gasteiger partial charge < -0.3 is 5.32 Å². The molecule has 1 rings (SSSR count). The van der Waals surface area contributed by atoms with E-state index in [1.165, 1.54) is 4.88 Å². The van der Waals surface area contributed by atoms with Gasteiger partial charge >= 0.3 is 0 Å². The number of amides is 1. The monoisotopic (exact) mass is 328 g/mol. The average molecular weight is 329 g/mol. The number of hydrogen-bond acceptors (Lipinski definition) is 3. The van der Waals surface area contributed by atoms with E-state index in [1.54, 1.807) is 11.3 Å². The summed E-state index contributed by atoms with van der Waals surface area (Å²) >= 11 is 5.10. The van der Waals surface area contributed by atoms with Crippen LogP contribution in [0.25, 0.3) is 0 Å². The van der Waals surface area contributed by atoms with Gasteiger partial charge in [0.25, 0.3) is 0 Å². The fraction of sp³-hybridized carbons (Fsp3) is 0.538. The molecule has 1 aromatic rings. The van der Waals surface area contributed by atoms with Crippen molar-refractivity contribution in [3.05, 3.63) is 20.8 Å². The Bertz CT molecular complexity index is 462. The summed E-state index contributed by atoms with van der Waals surface area (Å²) in [7, 11) is 0. The first kappa shape index (κ1) is 15.2. The number of carbonyl (C=O) groups excluding carboxylic acids is 1. The van der Waals surface area contributed by atoms with Crippen molar-refractivity contribution in [2.45, 2.75) is 32.6 Å². The first-order valence-corrected chi connectivity index (χ1v) is 7.50. The molecule has 5 heteroatoms. The number of nitriles is 1. The van der Waals surface area contributed by atoms with Gasteiger partial charge in [0.05, 0.1) is 6.07 Å². The lowest BCUT2D eigenvalue weighted by atomic mass is 9.91. The van der Waals surface area contributed by atoms with E-state index < -0.39 is 5.92 Å². The predicted molar refractivity (Wildman–Crippen MR) is 77.4 cm³/mol. The minimum Gasteiger partial charge on any atom is -0.354 e. The van der Waals surface area contributed by atoms with Crippen LogP contribution in [-0.2, 0) is 10.2 Å². The molecule has 0 spiro atoms. The van der Waals surface area contributed by atoms with Crippen molar-refractivity contribution in [1.82, 2.24) is 5.32 Å². The Kier molecular flexibility index (Phi) is 5.36. The second-order valence-corrected chi connectivity index (χ2v) is 6.65. The van der Waals surface area contributed by atoms with Gasteiger partial charge in [-0.25, -0.2) is 0 Å². The maximum atomic E-state index is 11.7. The molecule has 0 radical (unpaired) electrons. The first-order valence-electron chi connectivity index (χ1n) is 5.82. The van der Waals surface area contributed by atoms with E-state index in [-0.39, 0.29) is 11.3 Å². The highest BCUT2D eigenvalue weighted by Crippen LogP contribution is 2.31. The summed E-state index contributed by atoms with van der Waals surface area (Å²) < 4.78 is 1.06. The van der Waals surface area contributed by atoms with Crippen molar-refractivity contribution < 1.29 is 4.79 Å². The molecule has 0 aliphatic rings. The number of rotatable bonds is 5. The van der Waals surface area contributed by atoms with E-state index >= 15 is 0 Å². The van der Waals surface area contributed by atoms with Gasteiger partial charge in [-0.2, -0.15) is 5.26 Å². The van der Waals surface area contributed by atoms with Crippen LogP contribution in [0.1, 0.15) is 32.1 Å². The minimum absolute atomic E-state index is 0.125. The van der Waals surface area contributed by atoms with Crippen LogP contribution in [0.4, 0.5) is 0 Å². The lowest BCUT2D eigenvalue weighted by Crippen LogP contribution is -2.38. The average Bonchev–Trinajstić information content (AvgIpc) is 2.76. The maximum Gasteiger partial charge on any atom is 0.237 e. The van der Waals surface area contributed by atoms with Crippen LogP contribution in [0, 0.1) is 17.2 Å². The third-order valence-corrected chi connectivity index (χ3v) is 4.88. The van der Waals surface area contributed by atoms with Gasteiger partial charge in [-0.1, -0.05) is 20.8 Å². The normalized spacial score (nSPS) is 12.8. The van der Waals surface area contributed by atoms with Crippen LogP contribution in [-0.4, -0.2) is 12.5 Å². The molecule has 1 heterocycles. The topological polar surface area (TPSA) is 52.9 Å². The fourth-order valence-corrected chi connectivity index (χ4v) is 3.08. The van der Waals surface area contributed by atoms with E-state index in [4.69, 9.17) is 5.26 Å². The van der Waals surface area contributed by atoms with Gasteiger partial charge in [0, 0.05) is 26.7 Å². The van der Waals surface area contributed by atoms with Crippen molar-refractivity contribution in [3.63, 3.8) is 0 Å². The van der Waals surface area contributed by atoms with Crippen LogP contribution in [0.2, 0.25) is 0 Å². The molecule has 0 aliphatic carbocycles. The SMILES string of the molecule is CCC(C#N)C(=O)NCC(C)(C)c1cc(Br)cs1. The van der Waals surface area contributed by atoms with Crippen molar-refractivity contribution in [2.75, 3.05) is 6.54 Å². The van der Waals surface area contributed by atoms with Gasteiger partial charge in [-0.15, -0.1) is 11.3 Å². The molecule has 0 aromatic carbocycles. The lowest BCUT2D eigenvalue weighted by Gasteiger charge is -2.24. The number of hydrogen-bond donors (Lipinski definition) is 1. The molecule has 0 fully saturated rings. The summed E-state index contributed by atoms with van der Waals surface area (Å²) in [5, 5.41) is 13.7. The van der Waals surface area contributed by atoms with Crippen LogP contribution in [0.15, 0.2) is 15.9 Å². The molecule has 1 unspecified atom stereocenters. The Balaban J connectivity index is 2.63. The van der Waals surface area contributed by atoms with Gasteiger partial charge in [-0.05, 0) is 28.4 Å². The zero-order valence-electron chi connectivity index (χ0n) is 10.8. The molecule has 1 aromatic heterocycles. The van der Waals surface area contributed by atoms with E-state index in [0.717, 1.165) is 4.47 Å². The van der Waals surface area contributed by atoms with Gasteiger partial charge in [0.1, 0.15) is 5.92 Å². The Morgan fingerprint density at radius 2 is 2.33 bits per heavy atom. The molecule has 1 atom stereocenters. The molecule has 1 amide bonds. The van der Waals surface area contributed by atoms with Crippen molar-refractivity contribution in [3.8, 4) is 6.07 Å². The lowest BCUT2D eigenvalue weighted by molar-refractivity contribution is -0.123. The van der Waals surface area contributed by atoms with Crippen molar-refractivity contribution in [2.24, 2.45) is 5.92 Å². The molecular weight excluding hydrogens is 312 g/mol. The Morgan fingerprint density at radius 3 is 2.78 bits per heavy atom. The van der Waals surface area contributed by atoms with E-state index in [9.17, 15) is 4.79 Å². The molecule has 1 N–H and O–H groups in total. The van der Waals surface area contributed by atoms with E-state index in [2.05, 4.69) is 41.2 Å². The molecule has 0 aliphatic heterocycles. The summed E-state index contributed by atoms with van der Waals surface area (Å²) in [6, 6.07) is 4.08. The van der Waals surface area contributed by atoms with Crippen LogP contribution >= 0.6 is 27.3 Å². The number of halogens is 1.